The molecular formula is C15H18O. The van der Waals surface area contributed by atoms with Crippen LogP contribution in [0.2, 0.25) is 0 Å². The van der Waals surface area contributed by atoms with Gasteiger partial charge in [-0.3, -0.25) is 0 Å². The largest absolute Gasteiger partial charge is 0.392 e. The monoisotopic (exact) mass is 214 g/mol. The molecule has 1 aliphatic rings. The van der Waals surface area contributed by atoms with Gasteiger partial charge in [0.05, 0.1) is 6.10 Å². The fourth-order valence-electron chi connectivity index (χ4n) is 2.31. The lowest BCUT2D eigenvalue weighted by molar-refractivity contribution is 0.126. The van der Waals surface area contributed by atoms with Gasteiger partial charge in [-0.05, 0) is 18.4 Å². The number of aliphatic hydroxyl groups excluding tert-OH is 1. The molecule has 0 spiro atoms. The molecule has 1 saturated carbocycles. The van der Waals surface area contributed by atoms with Crippen LogP contribution in [0, 0.1) is 11.8 Å². The van der Waals surface area contributed by atoms with E-state index in [0.29, 0.717) is 0 Å². The standard InChI is InChI=1S/C15H18O/c1-2-13-10-11-14(15(13)16)9-8-12-6-4-3-5-7-12/h2-9,13-16H,1,10-11H2/b9-8+. The molecule has 0 aromatic heterocycles. The lowest BCUT2D eigenvalue weighted by Gasteiger charge is -2.13. The van der Waals surface area contributed by atoms with Crippen LogP contribution in [-0.4, -0.2) is 11.2 Å². The first-order valence-corrected chi connectivity index (χ1v) is 5.85. The molecule has 1 nitrogen and oxygen atoms in total. The van der Waals surface area contributed by atoms with Gasteiger partial charge < -0.3 is 5.11 Å². The summed E-state index contributed by atoms with van der Waals surface area (Å²) in [5.74, 6) is 0.550. The maximum absolute atomic E-state index is 10.0. The van der Waals surface area contributed by atoms with E-state index >= 15 is 0 Å². The van der Waals surface area contributed by atoms with Gasteiger partial charge in [0.15, 0.2) is 0 Å². The average molecular weight is 214 g/mol. The Balaban J connectivity index is 2.01. The van der Waals surface area contributed by atoms with Crippen LogP contribution in [0.15, 0.2) is 49.1 Å². The Hall–Kier alpha value is -1.34. The van der Waals surface area contributed by atoms with Crippen molar-refractivity contribution in [1.29, 1.82) is 0 Å². The van der Waals surface area contributed by atoms with E-state index in [4.69, 9.17) is 0 Å². The summed E-state index contributed by atoms with van der Waals surface area (Å²) in [4.78, 5) is 0. The first kappa shape index (κ1) is 11.2. The van der Waals surface area contributed by atoms with E-state index in [2.05, 4.69) is 30.9 Å². The summed E-state index contributed by atoms with van der Waals surface area (Å²) in [6.45, 7) is 3.76. The number of aliphatic hydroxyl groups is 1. The van der Waals surface area contributed by atoms with Crippen LogP contribution in [0.25, 0.3) is 6.08 Å². The second-order valence-electron chi connectivity index (χ2n) is 4.40. The molecule has 0 heterocycles. The van der Waals surface area contributed by atoms with Gasteiger partial charge in [-0.1, -0.05) is 48.6 Å². The molecule has 1 N–H and O–H groups in total. The molecule has 3 unspecified atom stereocenters. The number of hydrogen-bond acceptors (Lipinski definition) is 1. The average Bonchev–Trinajstić information content (AvgIpc) is 2.69. The number of hydrogen-bond donors (Lipinski definition) is 1. The van der Waals surface area contributed by atoms with E-state index in [1.807, 2.05) is 24.3 Å². The van der Waals surface area contributed by atoms with Crippen molar-refractivity contribution in [3.8, 4) is 0 Å². The summed E-state index contributed by atoms with van der Waals surface area (Å²) in [5, 5.41) is 10.0. The fourth-order valence-corrected chi connectivity index (χ4v) is 2.31. The molecule has 0 bridgehead atoms. The van der Waals surface area contributed by atoms with Crippen molar-refractivity contribution in [2.45, 2.75) is 18.9 Å². The van der Waals surface area contributed by atoms with Crippen LogP contribution in [-0.2, 0) is 0 Å². The van der Waals surface area contributed by atoms with Gasteiger partial charge in [-0.15, -0.1) is 6.58 Å². The van der Waals surface area contributed by atoms with Crippen molar-refractivity contribution in [2.24, 2.45) is 11.8 Å². The summed E-state index contributed by atoms with van der Waals surface area (Å²) in [7, 11) is 0. The van der Waals surface area contributed by atoms with E-state index in [9.17, 15) is 5.11 Å². The molecule has 1 aromatic rings. The van der Waals surface area contributed by atoms with Crippen LogP contribution < -0.4 is 0 Å². The highest BCUT2D eigenvalue weighted by Gasteiger charge is 2.30. The van der Waals surface area contributed by atoms with Crippen molar-refractivity contribution in [3.63, 3.8) is 0 Å². The molecule has 1 heteroatoms. The summed E-state index contributed by atoms with van der Waals surface area (Å²) in [6, 6.07) is 10.2. The molecule has 0 saturated heterocycles. The van der Waals surface area contributed by atoms with Gasteiger partial charge in [0.1, 0.15) is 0 Å². The smallest absolute Gasteiger partial charge is 0.0665 e. The summed E-state index contributed by atoms with van der Waals surface area (Å²) in [6.07, 6.45) is 7.96. The molecule has 0 aliphatic heterocycles. The van der Waals surface area contributed by atoms with Crippen molar-refractivity contribution >= 4 is 6.08 Å². The zero-order valence-corrected chi connectivity index (χ0v) is 9.42. The van der Waals surface area contributed by atoms with E-state index in [0.717, 1.165) is 12.8 Å². The van der Waals surface area contributed by atoms with Gasteiger partial charge in [-0.25, -0.2) is 0 Å². The van der Waals surface area contributed by atoms with Crippen LogP contribution in [0.3, 0.4) is 0 Å². The second-order valence-corrected chi connectivity index (χ2v) is 4.40. The SMILES string of the molecule is C=CC1CCC(/C=C/c2ccccc2)C1O. The van der Waals surface area contributed by atoms with Crippen molar-refractivity contribution in [2.75, 3.05) is 0 Å². The molecule has 1 aliphatic carbocycles. The Bertz CT molecular complexity index is 366. The maximum atomic E-state index is 10.0. The van der Waals surface area contributed by atoms with E-state index in [-0.39, 0.29) is 17.9 Å². The van der Waals surface area contributed by atoms with Gasteiger partial charge in [-0.2, -0.15) is 0 Å². The van der Waals surface area contributed by atoms with Gasteiger partial charge >= 0.3 is 0 Å². The molecule has 1 fully saturated rings. The number of rotatable bonds is 3. The van der Waals surface area contributed by atoms with Crippen molar-refractivity contribution in [3.05, 3.63) is 54.6 Å². The molecule has 84 valence electrons. The Morgan fingerprint density at radius 1 is 1.12 bits per heavy atom. The topological polar surface area (TPSA) is 20.2 Å². The van der Waals surface area contributed by atoms with Crippen molar-refractivity contribution in [1.82, 2.24) is 0 Å². The van der Waals surface area contributed by atoms with E-state index in [1.165, 1.54) is 5.56 Å². The van der Waals surface area contributed by atoms with Crippen LogP contribution in [0.5, 0.6) is 0 Å². The number of benzene rings is 1. The molecule has 0 radical (unpaired) electrons. The Labute approximate surface area is 97.1 Å². The normalized spacial score (nSPS) is 29.7. The van der Waals surface area contributed by atoms with Crippen molar-refractivity contribution < 1.29 is 5.11 Å². The van der Waals surface area contributed by atoms with Gasteiger partial charge in [0.25, 0.3) is 0 Å². The maximum Gasteiger partial charge on any atom is 0.0665 e. The lowest BCUT2D eigenvalue weighted by atomic mass is 10.00. The fraction of sp³-hybridized carbons (Fsp3) is 0.333. The first-order valence-electron chi connectivity index (χ1n) is 5.85. The summed E-state index contributed by atoms with van der Waals surface area (Å²) < 4.78 is 0. The van der Waals surface area contributed by atoms with Crippen LogP contribution in [0.4, 0.5) is 0 Å². The Morgan fingerprint density at radius 3 is 2.44 bits per heavy atom. The molecule has 1 aromatic carbocycles. The third kappa shape index (κ3) is 2.42. The lowest BCUT2D eigenvalue weighted by Crippen LogP contribution is -2.17. The Morgan fingerprint density at radius 2 is 1.81 bits per heavy atom. The zero-order chi connectivity index (χ0) is 11.4. The minimum atomic E-state index is -0.252. The highest BCUT2D eigenvalue weighted by molar-refractivity contribution is 5.49. The predicted molar refractivity (Wildman–Crippen MR) is 67.9 cm³/mol. The predicted octanol–water partition coefficient (Wildman–Crippen LogP) is 3.27. The second kappa shape index (κ2) is 5.13. The quantitative estimate of drug-likeness (QED) is 0.766. The van der Waals surface area contributed by atoms with Crippen LogP contribution in [0.1, 0.15) is 18.4 Å². The third-order valence-electron chi connectivity index (χ3n) is 3.35. The highest BCUT2D eigenvalue weighted by atomic mass is 16.3. The van der Waals surface area contributed by atoms with E-state index < -0.39 is 0 Å². The third-order valence-corrected chi connectivity index (χ3v) is 3.35. The van der Waals surface area contributed by atoms with Gasteiger partial charge in [0, 0.05) is 11.8 Å². The highest BCUT2D eigenvalue weighted by Crippen LogP contribution is 2.33. The summed E-state index contributed by atoms with van der Waals surface area (Å²) in [5.41, 5.74) is 1.19. The molecular weight excluding hydrogens is 196 g/mol. The zero-order valence-electron chi connectivity index (χ0n) is 9.42. The van der Waals surface area contributed by atoms with Gasteiger partial charge in [0.2, 0.25) is 0 Å². The minimum Gasteiger partial charge on any atom is -0.392 e. The molecule has 2 rings (SSSR count). The first-order chi connectivity index (χ1) is 7.81. The van der Waals surface area contributed by atoms with E-state index in [1.54, 1.807) is 0 Å². The summed E-state index contributed by atoms with van der Waals surface area (Å²) >= 11 is 0. The Kier molecular flexibility index (Phi) is 3.58. The molecule has 16 heavy (non-hydrogen) atoms. The molecule has 0 amide bonds. The molecule has 3 atom stereocenters. The minimum absolute atomic E-state index is 0.252. The van der Waals surface area contributed by atoms with Crippen LogP contribution >= 0.6 is 0 Å².